The van der Waals surface area contributed by atoms with Crippen LogP contribution in [0.2, 0.25) is 0 Å². The molecule has 60 valence electrons. The topological polar surface area (TPSA) is 16.1 Å². The third-order valence-corrected chi connectivity index (χ3v) is 1.84. The minimum absolute atomic E-state index is 0.539. The molecule has 0 bridgehead atoms. The average molecular weight is 150 g/mol. The Hall–Kier alpha value is -1.05. The molecule has 1 aromatic rings. The molecule has 0 saturated heterocycles. The normalized spacial score (nSPS) is 10.2. The summed E-state index contributed by atoms with van der Waals surface area (Å²) in [5.74, 6) is 0. The second-order valence-corrected chi connectivity index (χ2v) is 2.91. The van der Waals surface area contributed by atoms with Crippen molar-refractivity contribution in [1.29, 1.82) is 0 Å². The highest BCUT2D eigenvalue weighted by Crippen LogP contribution is 2.11. The van der Waals surface area contributed by atoms with Crippen LogP contribution in [0.1, 0.15) is 13.8 Å². The number of hydrogen-bond acceptors (Lipinski definition) is 2. The van der Waals surface area contributed by atoms with Gasteiger partial charge in [-0.2, -0.15) is 0 Å². The third kappa shape index (κ3) is 1.93. The molecule has 0 aliphatic rings. The van der Waals surface area contributed by atoms with Crippen molar-refractivity contribution in [2.75, 3.05) is 11.9 Å². The van der Waals surface area contributed by atoms with Gasteiger partial charge in [0.25, 0.3) is 0 Å². The summed E-state index contributed by atoms with van der Waals surface area (Å²) in [7, 11) is 2.08. The molecule has 0 amide bonds. The number of anilines is 1. The maximum atomic E-state index is 3.96. The van der Waals surface area contributed by atoms with Gasteiger partial charge in [-0.25, -0.2) is 0 Å². The third-order valence-electron chi connectivity index (χ3n) is 1.84. The van der Waals surface area contributed by atoms with Crippen LogP contribution in [0.25, 0.3) is 0 Å². The quantitative estimate of drug-likeness (QED) is 0.640. The lowest BCUT2D eigenvalue weighted by atomic mass is 10.3. The van der Waals surface area contributed by atoms with E-state index >= 15 is 0 Å². The van der Waals surface area contributed by atoms with Crippen LogP contribution < -0.4 is 4.90 Å². The first-order chi connectivity index (χ1) is 5.22. The van der Waals surface area contributed by atoms with Crippen molar-refractivity contribution in [3.8, 4) is 0 Å². The summed E-state index contributed by atoms with van der Waals surface area (Å²) >= 11 is 0. The van der Waals surface area contributed by atoms with Gasteiger partial charge in [0.05, 0.1) is 0 Å². The molecule has 0 aliphatic carbocycles. The average Bonchev–Trinajstić information content (AvgIpc) is 2.05. The van der Waals surface area contributed by atoms with Crippen molar-refractivity contribution in [1.82, 2.24) is 4.98 Å². The van der Waals surface area contributed by atoms with Crippen LogP contribution >= 0.6 is 0 Å². The smallest absolute Gasteiger partial charge is 0.0396 e. The van der Waals surface area contributed by atoms with E-state index in [0.29, 0.717) is 6.04 Å². The van der Waals surface area contributed by atoms with Crippen LogP contribution in [0, 0.1) is 0 Å². The first-order valence-electron chi connectivity index (χ1n) is 3.84. The van der Waals surface area contributed by atoms with Gasteiger partial charge in [0.2, 0.25) is 0 Å². The Morgan fingerprint density at radius 1 is 1.27 bits per heavy atom. The summed E-state index contributed by atoms with van der Waals surface area (Å²) in [6.07, 6.45) is 3.63. The predicted octanol–water partition coefficient (Wildman–Crippen LogP) is 1.93. The maximum absolute atomic E-state index is 3.96. The van der Waals surface area contributed by atoms with Crippen molar-refractivity contribution in [2.45, 2.75) is 19.9 Å². The highest BCUT2D eigenvalue weighted by Gasteiger charge is 2.02. The summed E-state index contributed by atoms with van der Waals surface area (Å²) in [5, 5.41) is 0. The van der Waals surface area contributed by atoms with Gasteiger partial charge in [0.1, 0.15) is 0 Å². The number of rotatable bonds is 2. The van der Waals surface area contributed by atoms with Crippen molar-refractivity contribution in [2.24, 2.45) is 0 Å². The van der Waals surface area contributed by atoms with Crippen LogP contribution in [0.15, 0.2) is 24.5 Å². The minimum Gasteiger partial charge on any atom is -0.372 e. The maximum Gasteiger partial charge on any atom is 0.0396 e. The minimum atomic E-state index is 0.539. The van der Waals surface area contributed by atoms with Gasteiger partial charge < -0.3 is 4.90 Å². The highest BCUT2D eigenvalue weighted by atomic mass is 15.1. The van der Waals surface area contributed by atoms with Crippen molar-refractivity contribution < 1.29 is 0 Å². The molecule has 0 aliphatic heterocycles. The molecule has 0 atom stereocenters. The van der Waals surface area contributed by atoms with E-state index in [2.05, 4.69) is 30.8 Å². The van der Waals surface area contributed by atoms with Crippen molar-refractivity contribution in [3.05, 3.63) is 24.5 Å². The number of nitrogens with zero attached hydrogens (tertiary/aromatic N) is 2. The lowest BCUT2D eigenvalue weighted by Crippen LogP contribution is -2.25. The molecule has 0 aromatic carbocycles. The molecule has 0 unspecified atom stereocenters. The first-order valence-corrected chi connectivity index (χ1v) is 3.84. The molecule has 1 heterocycles. The van der Waals surface area contributed by atoms with E-state index < -0.39 is 0 Å². The number of hydrogen-bond donors (Lipinski definition) is 0. The van der Waals surface area contributed by atoms with E-state index in [1.54, 1.807) is 0 Å². The van der Waals surface area contributed by atoms with Crippen LogP contribution in [-0.2, 0) is 0 Å². The molecule has 0 saturated carbocycles. The number of pyridine rings is 1. The lowest BCUT2D eigenvalue weighted by Gasteiger charge is -2.23. The van der Waals surface area contributed by atoms with E-state index in [4.69, 9.17) is 0 Å². The first kappa shape index (κ1) is 8.05. The standard InChI is InChI=1S/C9H14N2/c1-8(2)11(3)9-4-6-10-7-5-9/h4-8H,1-3H3. The Morgan fingerprint density at radius 2 is 1.82 bits per heavy atom. The van der Waals surface area contributed by atoms with Gasteiger partial charge in [-0.15, -0.1) is 0 Å². The Morgan fingerprint density at radius 3 is 2.27 bits per heavy atom. The predicted molar refractivity (Wildman–Crippen MR) is 47.8 cm³/mol. The van der Waals surface area contributed by atoms with Crippen LogP contribution in [0.5, 0.6) is 0 Å². The van der Waals surface area contributed by atoms with Crippen molar-refractivity contribution in [3.63, 3.8) is 0 Å². The zero-order valence-electron chi connectivity index (χ0n) is 7.28. The zero-order valence-corrected chi connectivity index (χ0v) is 7.28. The fourth-order valence-corrected chi connectivity index (χ4v) is 0.877. The molecule has 0 N–H and O–H groups in total. The SMILES string of the molecule is CC(C)N(C)c1ccncc1. The fraction of sp³-hybridized carbons (Fsp3) is 0.444. The van der Waals surface area contributed by atoms with E-state index in [9.17, 15) is 0 Å². The molecule has 0 fully saturated rings. The van der Waals surface area contributed by atoms with Gasteiger partial charge in [0, 0.05) is 31.2 Å². The van der Waals surface area contributed by atoms with Crippen LogP contribution in [0.3, 0.4) is 0 Å². The molecule has 0 radical (unpaired) electrons. The van der Waals surface area contributed by atoms with Crippen LogP contribution in [-0.4, -0.2) is 18.1 Å². The van der Waals surface area contributed by atoms with E-state index in [0.717, 1.165) is 0 Å². The molecular formula is C9H14N2. The van der Waals surface area contributed by atoms with Gasteiger partial charge >= 0.3 is 0 Å². The molecule has 1 rings (SSSR count). The van der Waals surface area contributed by atoms with E-state index in [-0.39, 0.29) is 0 Å². The summed E-state index contributed by atoms with van der Waals surface area (Å²) in [4.78, 5) is 6.17. The largest absolute Gasteiger partial charge is 0.372 e. The molecule has 2 heteroatoms. The van der Waals surface area contributed by atoms with Gasteiger partial charge in [-0.3, -0.25) is 4.98 Å². The van der Waals surface area contributed by atoms with Gasteiger partial charge in [0.15, 0.2) is 0 Å². The Bertz CT molecular complexity index is 206. The lowest BCUT2D eigenvalue weighted by molar-refractivity contribution is 0.754. The van der Waals surface area contributed by atoms with E-state index in [1.807, 2.05) is 24.5 Å². The van der Waals surface area contributed by atoms with Crippen LogP contribution in [0.4, 0.5) is 5.69 Å². The summed E-state index contributed by atoms with van der Waals surface area (Å²) in [5.41, 5.74) is 1.22. The Kier molecular flexibility index (Phi) is 2.47. The van der Waals surface area contributed by atoms with Crippen molar-refractivity contribution >= 4 is 5.69 Å². The second kappa shape index (κ2) is 3.37. The zero-order chi connectivity index (χ0) is 8.27. The van der Waals surface area contributed by atoms with E-state index in [1.165, 1.54) is 5.69 Å². The van der Waals surface area contributed by atoms with Gasteiger partial charge in [-0.1, -0.05) is 0 Å². The van der Waals surface area contributed by atoms with Gasteiger partial charge in [-0.05, 0) is 26.0 Å². The molecule has 0 spiro atoms. The number of aromatic nitrogens is 1. The Labute approximate surface area is 67.9 Å². The fourth-order valence-electron chi connectivity index (χ4n) is 0.877. The molecule has 2 nitrogen and oxygen atoms in total. The Balaban J connectivity index is 2.77. The summed E-state index contributed by atoms with van der Waals surface area (Å²) in [6.45, 7) is 4.33. The monoisotopic (exact) mass is 150 g/mol. The second-order valence-electron chi connectivity index (χ2n) is 2.91. The molecule has 1 aromatic heterocycles. The summed E-state index contributed by atoms with van der Waals surface area (Å²) < 4.78 is 0. The highest BCUT2D eigenvalue weighted by molar-refractivity contribution is 5.44. The molecule has 11 heavy (non-hydrogen) atoms. The molecular weight excluding hydrogens is 136 g/mol. The summed E-state index contributed by atoms with van der Waals surface area (Å²) in [6, 6.07) is 4.57.